The fourth-order valence-electron chi connectivity index (χ4n) is 4.18. The second kappa shape index (κ2) is 7.21. The molecule has 1 aromatic carbocycles. The van der Waals surface area contributed by atoms with Crippen LogP contribution in [0.3, 0.4) is 0 Å². The van der Waals surface area contributed by atoms with Crippen molar-refractivity contribution in [2.45, 2.75) is 31.8 Å². The standard InChI is InChI=1S/C19H26FN5O3/c1-28-17-15-13(8-14(20)16(17)23-6-4-11(9-22)10-23)18(26)24(7-5-21)19(27)25(15)12-2-3-12/h8,11-12H,2-7,9-10,21-22H2,1H3/t11-/m0/s1. The van der Waals surface area contributed by atoms with Crippen molar-refractivity contribution in [3.8, 4) is 5.75 Å². The monoisotopic (exact) mass is 391 g/mol. The second-order valence-corrected chi connectivity index (χ2v) is 7.60. The topological polar surface area (TPSA) is 109 Å². The van der Waals surface area contributed by atoms with Crippen molar-refractivity contribution in [3.05, 3.63) is 32.7 Å². The zero-order valence-electron chi connectivity index (χ0n) is 16.0. The Labute approximate surface area is 161 Å². The Kier molecular flexibility index (Phi) is 4.88. The van der Waals surface area contributed by atoms with Crippen LogP contribution in [0.5, 0.6) is 5.75 Å². The van der Waals surface area contributed by atoms with Crippen LogP contribution in [0.25, 0.3) is 10.9 Å². The minimum absolute atomic E-state index is 0.0118. The molecule has 1 aliphatic carbocycles. The molecule has 1 aliphatic heterocycles. The predicted molar refractivity (Wildman–Crippen MR) is 106 cm³/mol. The van der Waals surface area contributed by atoms with Gasteiger partial charge in [0, 0.05) is 32.2 Å². The van der Waals surface area contributed by atoms with Crippen molar-refractivity contribution in [2.75, 3.05) is 38.2 Å². The van der Waals surface area contributed by atoms with Gasteiger partial charge in [-0.15, -0.1) is 0 Å². The van der Waals surface area contributed by atoms with Gasteiger partial charge in [-0.2, -0.15) is 0 Å². The number of fused-ring (bicyclic) bond motifs is 1. The van der Waals surface area contributed by atoms with E-state index in [1.54, 1.807) is 4.57 Å². The molecule has 2 fully saturated rings. The number of anilines is 1. The van der Waals surface area contributed by atoms with E-state index >= 15 is 4.39 Å². The molecule has 0 amide bonds. The fourth-order valence-corrected chi connectivity index (χ4v) is 4.18. The van der Waals surface area contributed by atoms with Crippen LogP contribution < -0.4 is 32.4 Å². The van der Waals surface area contributed by atoms with E-state index < -0.39 is 17.1 Å². The van der Waals surface area contributed by atoms with E-state index in [4.69, 9.17) is 16.2 Å². The molecule has 0 bridgehead atoms. The summed E-state index contributed by atoms with van der Waals surface area (Å²) in [6, 6.07) is 1.22. The molecule has 1 aromatic heterocycles. The van der Waals surface area contributed by atoms with Crippen molar-refractivity contribution in [1.82, 2.24) is 9.13 Å². The van der Waals surface area contributed by atoms with Crippen molar-refractivity contribution < 1.29 is 9.13 Å². The van der Waals surface area contributed by atoms with Crippen molar-refractivity contribution in [1.29, 1.82) is 0 Å². The summed E-state index contributed by atoms with van der Waals surface area (Å²) in [4.78, 5) is 27.9. The lowest BCUT2D eigenvalue weighted by Gasteiger charge is -2.24. The summed E-state index contributed by atoms with van der Waals surface area (Å²) in [5.74, 6) is -0.00364. The molecular weight excluding hydrogens is 365 g/mol. The normalized spacial score (nSPS) is 19.6. The van der Waals surface area contributed by atoms with E-state index in [1.165, 1.54) is 13.2 Å². The van der Waals surface area contributed by atoms with E-state index in [1.807, 2.05) is 4.90 Å². The van der Waals surface area contributed by atoms with Gasteiger partial charge in [0.15, 0.2) is 11.6 Å². The summed E-state index contributed by atoms with van der Waals surface area (Å²) in [5.41, 5.74) is 11.1. The molecule has 0 radical (unpaired) electrons. The van der Waals surface area contributed by atoms with Gasteiger partial charge in [0.25, 0.3) is 5.56 Å². The van der Waals surface area contributed by atoms with Crippen LogP contribution >= 0.6 is 0 Å². The smallest absolute Gasteiger partial charge is 0.331 e. The Bertz CT molecular complexity index is 1030. The number of benzene rings is 1. The number of rotatable bonds is 6. The summed E-state index contributed by atoms with van der Waals surface area (Å²) in [6.07, 6.45) is 2.54. The van der Waals surface area contributed by atoms with Crippen molar-refractivity contribution in [2.24, 2.45) is 17.4 Å². The first kappa shape index (κ1) is 18.9. The minimum atomic E-state index is -0.535. The quantitative estimate of drug-likeness (QED) is 0.737. The van der Waals surface area contributed by atoms with Crippen LogP contribution in [-0.4, -0.2) is 42.4 Å². The highest BCUT2D eigenvalue weighted by Crippen LogP contribution is 2.43. The third-order valence-corrected chi connectivity index (χ3v) is 5.74. The SMILES string of the molecule is COc1c(N2CC[C@@H](CN)C2)c(F)cc2c(=O)n(CCN)c(=O)n(C3CC3)c12. The lowest BCUT2D eigenvalue weighted by atomic mass is 10.1. The van der Waals surface area contributed by atoms with Crippen molar-refractivity contribution >= 4 is 16.6 Å². The molecule has 4 rings (SSSR count). The number of ether oxygens (including phenoxy) is 1. The van der Waals surface area contributed by atoms with Gasteiger partial charge in [0.2, 0.25) is 0 Å². The minimum Gasteiger partial charge on any atom is -0.492 e. The van der Waals surface area contributed by atoms with Crippen LogP contribution in [0.2, 0.25) is 0 Å². The van der Waals surface area contributed by atoms with Crippen LogP contribution in [0, 0.1) is 11.7 Å². The largest absolute Gasteiger partial charge is 0.492 e. The molecule has 2 heterocycles. The number of methoxy groups -OCH3 is 1. The molecule has 1 saturated heterocycles. The van der Waals surface area contributed by atoms with Gasteiger partial charge >= 0.3 is 5.69 Å². The highest BCUT2D eigenvalue weighted by atomic mass is 19.1. The third kappa shape index (κ3) is 2.89. The van der Waals surface area contributed by atoms with E-state index in [9.17, 15) is 9.59 Å². The third-order valence-electron chi connectivity index (χ3n) is 5.74. The molecule has 8 nitrogen and oxygen atoms in total. The van der Waals surface area contributed by atoms with Gasteiger partial charge in [-0.05, 0) is 37.8 Å². The highest BCUT2D eigenvalue weighted by molar-refractivity contribution is 5.91. The number of aromatic nitrogens is 2. The van der Waals surface area contributed by atoms with E-state index in [0.717, 1.165) is 23.8 Å². The number of halogens is 1. The average molecular weight is 391 g/mol. The van der Waals surface area contributed by atoms with Crippen molar-refractivity contribution in [3.63, 3.8) is 0 Å². The first-order valence-electron chi connectivity index (χ1n) is 9.72. The summed E-state index contributed by atoms with van der Waals surface area (Å²) >= 11 is 0. The maximum atomic E-state index is 15.2. The van der Waals surface area contributed by atoms with E-state index in [2.05, 4.69) is 0 Å². The first-order valence-corrected chi connectivity index (χ1v) is 9.72. The maximum absolute atomic E-state index is 15.2. The summed E-state index contributed by atoms with van der Waals surface area (Å²) in [6.45, 7) is 2.05. The Morgan fingerprint density at radius 3 is 2.57 bits per heavy atom. The number of nitrogens with two attached hydrogens (primary N) is 2. The second-order valence-electron chi connectivity index (χ2n) is 7.60. The Morgan fingerprint density at radius 2 is 2.00 bits per heavy atom. The lowest BCUT2D eigenvalue weighted by molar-refractivity contribution is 0.412. The van der Waals surface area contributed by atoms with E-state index in [-0.39, 0.29) is 36.2 Å². The zero-order chi connectivity index (χ0) is 20.0. The molecule has 152 valence electrons. The predicted octanol–water partition coefficient (Wildman–Crippen LogP) is 0.390. The summed E-state index contributed by atoms with van der Waals surface area (Å²) in [5, 5.41) is 0.146. The van der Waals surface area contributed by atoms with Crippen LogP contribution in [0.1, 0.15) is 25.3 Å². The van der Waals surface area contributed by atoms with Crippen LogP contribution in [0.15, 0.2) is 15.7 Å². The van der Waals surface area contributed by atoms with Gasteiger partial charge in [-0.1, -0.05) is 0 Å². The molecule has 4 N–H and O–H groups in total. The van der Waals surface area contributed by atoms with Gasteiger partial charge < -0.3 is 21.1 Å². The lowest BCUT2D eigenvalue weighted by Crippen LogP contribution is -2.41. The first-order chi connectivity index (χ1) is 13.5. The molecule has 1 saturated carbocycles. The molecule has 0 spiro atoms. The molecule has 2 aliphatic rings. The molecular formula is C19H26FN5O3. The molecule has 2 aromatic rings. The Balaban J connectivity index is 2.03. The molecule has 28 heavy (non-hydrogen) atoms. The number of hydrogen-bond donors (Lipinski definition) is 2. The van der Waals surface area contributed by atoms with Crippen LogP contribution in [0.4, 0.5) is 10.1 Å². The fraction of sp³-hybridized carbons (Fsp3) is 0.579. The Hall–Kier alpha value is -2.39. The van der Waals surface area contributed by atoms with Gasteiger partial charge in [0.05, 0.1) is 12.5 Å². The Morgan fingerprint density at radius 1 is 1.25 bits per heavy atom. The van der Waals surface area contributed by atoms with Gasteiger partial charge in [-0.25, -0.2) is 9.18 Å². The van der Waals surface area contributed by atoms with Crippen LogP contribution in [-0.2, 0) is 6.54 Å². The molecule has 0 unspecified atom stereocenters. The number of hydrogen-bond acceptors (Lipinski definition) is 6. The van der Waals surface area contributed by atoms with E-state index in [0.29, 0.717) is 30.8 Å². The summed E-state index contributed by atoms with van der Waals surface area (Å²) in [7, 11) is 1.45. The van der Waals surface area contributed by atoms with Gasteiger partial charge in [0.1, 0.15) is 11.2 Å². The molecule has 9 heteroatoms. The zero-order valence-corrected chi connectivity index (χ0v) is 16.0. The van der Waals surface area contributed by atoms with Gasteiger partial charge in [-0.3, -0.25) is 13.9 Å². The highest BCUT2D eigenvalue weighted by Gasteiger charge is 2.33. The molecule has 1 atom stereocenters. The average Bonchev–Trinajstić information content (AvgIpc) is 3.41. The number of nitrogens with zero attached hydrogens (tertiary/aromatic N) is 3. The maximum Gasteiger partial charge on any atom is 0.331 e. The summed E-state index contributed by atoms with van der Waals surface area (Å²) < 4.78 is 23.5.